The molecule has 2 rings (SSSR count). The molecule has 1 amide bonds. The summed E-state index contributed by atoms with van der Waals surface area (Å²) in [5, 5.41) is 14.9. The molecule has 3 N–H and O–H groups in total. The van der Waals surface area contributed by atoms with Gasteiger partial charge in [0, 0.05) is 0 Å². The van der Waals surface area contributed by atoms with Crippen molar-refractivity contribution in [3.8, 4) is 0 Å². The van der Waals surface area contributed by atoms with Crippen molar-refractivity contribution in [2.24, 2.45) is 5.92 Å². The molecule has 92 valence electrons. The number of carboxylic acid groups (broad SMARTS) is 1. The van der Waals surface area contributed by atoms with Crippen LogP contribution in [0.2, 0.25) is 0 Å². The van der Waals surface area contributed by atoms with Gasteiger partial charge in [0.25, 0.3) is 0 Å². The summed E-state index contributed by atoms with van der Waals surface area (Å²) in [7, 11) is 0. The lowest BCUT2D eigenvalue weighted by Gasteiger charge is -2.30. The van der Waals surface area contributed by atoms with E-state index in [0.29, 0.717) is 5.92 Å². The van der Waals surface area contributed by atoms with Gasteiger partial charge in [0.1, 0.15) is 0 Å². The second kappa shape index (κ2) is 5.68. The van der Waals surface area contributed by atoms with Crippen LogP contribution in [0.1, 0.15) is 24.4 Å². The maximum Gasteiger partial charge on any atom is 0.405 e. The Hall–Kier alpha value is -1.55. The van der Waals surface area contributed by atoms with Gasteiger partial charge in [0.05, 0.1) is 6.04 Å². The molecule has 1 aromatic carbocycles. The maximum atomic E-state index is 10.9. The molecule has 0 aromatic heterocycles. The van der Waals surface area contributed by atoms with E-state index in [9.17, 15) is 4.79 Å². The van der Waals surface area contributed by atoms with Crippen molar-refractivity contribution in [3.05, 3.63) is 35.9 Å². The molecule has 4 nitrogen and oxygen atoms in total. The first-order valence-electron chi connectivity index (χ1n) is 6.02. The molecular weight excluding hydrogens is 216 g/mol. The topological polar surface area (TPSA) is 61.4 Å². The van der Waals surface area contributed by atoms with E-state index in [-0.39, 0.29) is 6.04 Å². The minimum atomic E-state index is -0.947. The van der Waals surface area contributed by atoms with Gasteiger partial charge >= 0.3 is 6.09 Å². The minimum absolute atomic E-state index is 0.0872. The molecule has 1 unspecified atom stereocenters. The van der Waals surface area contributed by atoms with Crippen molar-refractivity contribution < 1.29 is 9.90 Å². The predicted octanol–water partition coefficient (Wildman–Crippen LogP) is 1.99. The average Bonchev–Trinajstić information content (AvgIpc) is 2.38. The number of piperidine rings is 1. The molecule has 1 aliphatic heterocycles. The van der Waals surface area contributed by atoms with Crippen LogP contribution >= 0.6 is 0 Å². The minimum Gasteiger partial charge on any atom is -0.465 e. The zero-order chi connectivity index (χ0) is 12.1. The third-order valence-electron chi connectivity index (χ3n) is 3.29. The molecule has 1 heterocycles. The standard InChI is InChI=1S/C13H18N2O2/c16-13(17)15-12(10-4-2-1-3-5-10)11-6-8-14-9-7-11/h1-5,11-12,14-15H,6-9H2,(H,16,17). The van der Waals surface area contributed by atoms with Crippen LogP contribution < -0.4 is 10.6 Å². The summed E-state index contributed by atoms with van der Waals surface area (Å²) >= 11 is 0. The highest BCUT2D eigenvalue weighted by molar-refractivity contribution is 5.65. The molecule has 1 aromatic rings. The first kappa shape index (κ1) is 11.9. The van der Waals surface area contributed by atoms with Crippen molar-refractivity contribution in [2.75, 3.05) is 13.1 Å². The summed E-state index contributed by atoms with van der Waals surface area (Å²) in [6, 6.07) is 9.74. The fraction of sp³-hybridized carbons (Fsp3) is 0.462. The van der Waals surface area contributed by atoms with E-state index in [1.165, 1.54) is 0 Å². The summed E-state index contributed by atoms with van der Waals surface area (Å²) in [5.74, 6) is 0.384. The van der Waals surface area contributed by atoms with E-state index in [1.54, 1.807) is 0 Å². The fourth-order valence-corrected chi connectivity index (χ4v) is 2.44. The molecule has 4 heteroatoms. The van der Waals surface area contributed by atoms with Gasteiger partial charge in [-0.15, -0.1) is 0 Å². The van der Waals surface area contributed by atoms with Crippen molar-refractivity contribution >= 4 is 6.09 Å². The second-order valence-electron chi connectivity index (χ2n) is 4.43. The number of hydrogen-bond acceptors (Lipinski definition) is 2. The van der Waals surface area contributed by atoms with E-state index >= 15 is 0 Å². The van der Waals surface area contributed by atoms with E-state index < -0.39 is 6.09 Å². The maximum absolute atomic E-state index is 10.9. The van der Waals surface area contributed by atoms with Crippen LogP contribution in [0.25, 0.3) is 0 Å². The Bertz CT molecular complexity index is 361. The molecule has 1 aliphatic rings. The molecule has 0 aliphatic carbocycles. The first-order valence-corrected chi connectivity index (χ1v) is 6.02. The Morgan fingerprint density at radius 2 is 1.94 bits per heavy atom. The number of benzene rings is 1. The van der Waals surface area contributed by atoms with Crippen LogP contribution in [-0.4, -0.2) is 24.3 Å². The fourth-order valence-electron chi connectivity index (χ4n) is 2.44. The monoisotopic (exact) mass is 234 g/mol. The zero-order valence-electron chi connectivity index (χ0n) is 9.73. The molecule has 1 fully saturated rings. The molecule has 0 bridgehead atoms. The molecule has 0 saturated carbocycles. The number of carbonyl (C=O) groups is 1. The van der Waals surface area contributed by atoms with Crippen LogP contribution in [0.3, 0.4) is 0 Å². The highest BCUT2D eigenvalue weighted by Crippen LogP contribution is 2.28. The van der Waals surface area contributed by atoms with E-state index in [4.69, 9.17) is 5.11 Å². The third-order valence-corrected chi connectivity index (χ3v) is 3.29. The molecule has 0 radical (unpaired) electrons. The average molecular weight is 234 g/mol. The summed E-state index contributed by atoms with van der Waals surface area (Å²) in [6.07, 6.45) is 1.08. The Morgan fingerprint density at radius 3 is 2.53 bits per heavy atom. The van der Waals surface area contributed by atoms with Crippen LogP contribution in [0.5, 0.6) is 0 Å². The Balaban J connectivity index is 2.15. The number of rotatable bonds is 3. The summed E-state index contributed by atoms with van der Waals surface area (Å²) in [6.45, 7) is 1.94. The van der Waals surface area contributed by atoms with Gasteiger partial charge in [-0.1, -0.05) is 30.3 Å². The van der Waals surface area contributed by atoms with Crippen molar-refractivity contribution in [2.45, 2.75) is 18.9 Å². The lowest BCUT2D eigenvalue weighted by Crippen LogP contribution is -2.38. The second-order valence-corrected chi connectivity index (χ2v) is 4.43. The highest BCUT2D eigenvalue weighted by Gasteiger charge is 2.26. The normalized spacial score (nSPS) is 18.6. The SMILES string of the molecule is O=C(O)NC(c1ccccc1)C1CCNCC1. The lowest BCUT2D eigenvalue weighted by atomic mass is 9.86. The largest absolute Gasteiger partial charge is 0.465 e. The number of amides is 1. The Kier molecular flexibility index (Phi) is 3.98. The van der Waals surface area contributed by atoms with Crippen molar-refractivity contribution in [3.63, 3.8) is 0 Å². The van der Waals surface area contributed by atoms with Gasteiger partial charge in [-0.25, -0.2) is 4.79 Å². The highest BCUT2D eigenvalue weighted by atomic mass is 16.4. The molecule has 1 saturated heterocycles. The van der Waals surface area contributed by atoms with Gasteiger partial charge in [-0.05, 0) is 37.4 Å². The van der Waals surface area contributed by atoms with Crippen molar-refractivity contribution in [1.29, 1.82) is 0 Å². The van der Waals surface area contributed by atoms with Gasteiger partial charge in [0.2, 0.25) is 0 Å². The van der Waals surface area contributed by atoms with Gasteiger partial charge < -0.3 is 15.7 Å². The van der Waals surface area contributed by atoms with Crippen LogP contribution in [0, 0.1) is 5.92 Å². The molecule has 17 heavy (non-hydrogen) atoms. The van der Waals surface area contributed by atoms with E-state index in [0.717, 1.165) is 31.5 Å². The van der Waals surface area contributed by atoms with Crippen LogP contribution in [0.4, 0.5) is 4.79 Å². The summed E-state index contributed by atoms with van der Waals surface area (Å²) in [4.78, 5) is 10.9. The predicted molar refractivity (Wildman–Crippen MR) is 65.9 cm³/mol. The van der Waals surface area contributed by atoms with E-state index in [2.05, 4.69) is 10.6 Å². The molecular formula is C13H18N2O2. The summed E-state index contributed by atoms with van der Waals surface area (Å²) < 4.78 is 0. The Morgan fingerprint density at radius 1 is 1.29 bits per heavy atom. The quantitative estimate of drug-likeness (QED) is 0.749. The first-order chi connectivity index (χ1) is 8.27. The lowest BCUT2D eigenvalue weighted by molar-refractivity contribution is 0.179. The van der Waals surface area contributed by atoms with Gasteiger partial charge in [-0.2, -0.15) is 0 Å². The van der Waals surface area contributed by atoms with Crippen molar-refractivity contribution in [1.82, 2.24) is 10.6 Å². The molecule has 1 atom stereocenters. The Labute approximate surface area is 101 Å². The third kappa shape index (κ3) is 3.20. The number of nitrogens with one attached hydrogen (secondary N) is 2. The van der Waals surface area contributed by atoms with Crippen LogP contribution in [-0.2, 0) is 0 Å². The van der Waals surface area contributed by atoms with E-state index in [1.807, 2.05) is 30.3 Å². The molecule has 0 spiro atoms. The smallest absolute Gasteiger partial charge is 0.405 e. The number of hydrogen-bond donors (Lipinski definition) is 3. The van der Waals surface area contributed by atoms with Gasteiger partial charge in [0.15, 0.2) is 0 Å². The summed E-state index contributed by atoms with van der Waals surface area (Å²) in [5.41, 5.74) is 1.06. The van der Waals surface area contributed by atoms with Crippen LogP contribution in [0.15, 0.2) is 30.3 Å². The zero-order valence-corrected chi connectivity index (χ0v) is 9.73. The van der Waals surface area contributed by atoms with Gasteiger partial charge in [-0.3, -0.25) is 0 Å².